The van der Waals surface area contributed by atoms with Crippen LogP contribution in [0.5, 0.6) is 0 Å². The lowest BCUT2D eigenvalue weighted by Crippen LogP contribution is -2.55. The number of carbonyl (C=O) groups is 2. The van der Waals surface area contributed by atoms with Crippen LogP contribution in [0.25, 0.3) is 0 Å². The Bertz CT molecular complexity index is 630. The number of nitrogens with zero attached hydrogens (tertiary/aromatic N) is 1. The summed E-state index contributed by atoms with van der Waals surface area (Å²) in [6, 6.07) is 7.91. The predicted molar refractivity (Wildman–Crippen MR) is 99.1 cm³/mol. The summed E-state index contributed by atoms with van der Waals surface area (Å²) in [5.74, 6) is -0.109. The highest BCUT2D eigenvalue weighted by molar-refractivity contribution is 7.98. The number of rotatable bonds is 8. The normalized spacial score (nSPS) is 22.3. The van der Waals surface area contributed by atoms with E-state index in [1.165, 1.54) is 12.8 Å². The molecule has 3 rings (SSSR count). The average Bonchev–Trinajstić information content (AvgIpc) is 3.33. The summed E-state index contributed by atoms with van der Waals surface area (Å²) in [5.41, 5.74) is 0.779. The van der Waals surface area contributed by atoms with E-state index in [1.54, 1.807) is 11.8 Å². The number of carbonyl (C=O) groups excluding carboxylic acids is 1. The van der Waals surface area contributed by atoms with Crippen LogP contribution >= 0.6 is 11.8 Å². The Kier molecular flexibility index (Phi) is 5.86. The molecule has 0 saturated heterocycles. The van der Waals surface area contributed by atoms with Crippen molar-refractivity contribution in [3.8, 4) is 0 Å². The topological polar surface area (TPSA) is 81.7 Å². The molecule has 7 heteroatoms. The molecule has 2 amide bonds. The summed E-state index contributed by atoms with van der Waals surface area (Å²) >= 11 is 1.63. The van der Waals surface area contributed by atoms with E-state index in [1.807, 2.05) is 30.5 Å². The standard InChI is InChI=1S/C18H25N3O3S/c1-25-16-4-2-3-13(9-16)19-18(24)20-14-7-15(8-14)21(11-17(22)23)10-12-5-6-12/h2-4,9,12,14-15H,5-8,10-11H2,1H3,(H,22,23)(H2,19,20,24). The van der Waals surface area contributed by atoms with Gasteiger partial charge in [0.25, 0.3) is 0 Å². The maximum atomic E-state index is 12.1. The molecule has 3 N–H and O–H groups in total. The molecule has 0 heterocycles. The van der Waals surface area contributed by atoms with E-state index in [4.69, 9.17) is 5.11 Å². The van der Waals surface area contributed by atoms with Gasteiger partial charge in [-0.05, 0) is 56.1 Å². The van der Waals surface area contributed by atoms with Crippen molar-refractivity contribution in [1.29, 1.82) is 0 Å². The zero-order chi connectivity index (χ0) is 17.8. The number of amides is 2. The minimum atomic E-state index is -0.775. The maximum Gasteiger partial charge on any atom is 0.319 e. The second-order valence-electron chi connectivity index (χ2n) is 6.92. The number of carboxylic acid groups (broad SMARTS) is 1. The van der Waals surface area contributed by atoms with Crippen LogP contribution in [0.1, 0.15) is 25.7 Å². The Balaban J connectivity index is 1.43. The largest absolute Gasteiger partial charge is 0.480 e. The van der Waals surface area contributed by atoms with Crippen molar-refractivity contribution < 1.29 is 14.7 Å². The minimum Gasteiger partial charge on any atom is -0.480 e. The smallest absolute Gasteiger partial charge is 0.319 e. The number of nitrogens with one attached hydrogen (secondary N) is 2. The van der Waals surface area contributed by atoms with Gasteiger partial charge in [0.2, 0.25) is 0 Å². The summed E-state index contributed by atoms with van der Waals surface area (Å²) in [6.07, 6.45) is 6.05. The summed E-state index contributed by atoms with van der Waals surface area (Å²) in [5, 5.41) is 14.9. The molecule has 0 bridgehead atoms. The molecular weight excluding hydrogens is 338 g/mol. The fourth-order valence-electron chi connectivity index (χ4n) is 3.21. The molecule has 0 spiro atoms. The van der Waals surface area contributed by atoms with Crippen LogP contribution in [0.15, 0.2) is 29.2 Å². The van der Waals surface area contributed by atoms with Gasteiger partial charge in [-0.1, -0.05) is 6.07 Å². The molecule has 1 aromatic rings. The highest BCUT2D eigenvalue weighted by Crippen LogP contribution is 2.33. The minimum absolute atomic E-state index is 0.0988. The van der Waals surface area contributed by atoms with Crippen LogP contribution < -0.4 is 10.6 Å². The van der Waals surface area contributed by atoms with Gasteiger partial charge in [-0.3, -0.25) is 9.69 Å². The molecule has 2 saturated carbocycles. The fraction of sp³-hybridized carbons (Fsp3) is 0.556. The van der Waals surface area contributed by atoms with Crippen molar-refractivity contribution >= 4 is 29.4 Å². The Labute approximate surface area is 152 Å². The van der Waals surface area contributed by atoms with Crippen molar-refractivity contribution in [3.63, 3.8) is 0 Å². The number of hydrogen-bond donors (Lipinski definition) is 3. The van der Waals surface area contributed by atoms with E-state index in [-0.39, 0.29) is 24.7 Å². The Morgan fingerprint density at radius 3 is 2.72 bits per heavy atom. The third-order valence-electron chi connectivity index (χ3n) is 4.82. The van der Waals surface area contributed by atoms with Gasteiger partial charge in [-0.25, -0.2) is 4.79 Å². The van der Waals surface area contributed by atoms with Gasteiger partial charge >= 0.3 is 12.0 Å². The highest BCUT2D eigenvalue weighted by atomic mass is 32.2. The first-order valence-corrected chi connectivity index (χ1v) is 9.93. The lowest BCUT2D eigenvalue weighted by atomic mass is 9.85. The summed E-state index contributed by atoms with van der Waals surface area (Å²) in [6.45, 7) is 0.971. The van der Waals surface area contributed by atoms with Gasteiger partial charge in [-0.2, -0.15) is 0 Å². The number of thioether (sulfide) groups is 1. The van der Waals surface area contributed by atoms with Crippen molar-refractivity contribution in [2.45, 2.75) is 42.7 Å². The van der Waals surface area contributed by atoms with E-state index in [9.17, 15) is 9.59 Å². The number of anilines is 1. The Hall–Kier alpha value is -1.73. The molecule has 0 aliphatic heterocycles. The van der Waals surface area contributed by atoms with Crippen LogP contribution in [-0.2, 0) is 4.79 Å². The average molecular weight is 363 g/mol. The van der Waals surface area contributed by atoms with E-state index in [0.717, 1.165) is 30.0 Å². The molecule has 0 aromatic heterocycles. The number of hydrogen-bond acceptors (Lipinski definition) is 4. The van der Waals surface area contributed by atoms with Gasteiger partial charge < -0.3 is 15.7 Å². The quantitative estimate of drug-likeness (QED) is 0.619. The second-order valence-corrected chi connectivity index (χ2v) is 7.80. The Morgan fingerprint density at radius 2 is 2.08 bits per heavy atom. The molecule has 1 aromatic carbocycles. The van der Waals surface area contributed by atoms with Crippen LogP contribution in [0.4, 0.5) is 10.5 Å². The molecule has 0 radical (unpaired) electrons. The van der Waals surface area contributed by atoms with Crippen molar-refractivity contribution in [2.75, 3.05) is 24.7 Å². The van der Waals surface area contributed by atoms with Crippen LogP contribution in [0.2, 0.25) is 0 Å². The van der Waals surface area contributed by atoms with Crippen LogP contribution in [-0.4, -0.2) is 53.4 Å². The molecule has 2 aliphatic carbocycles. The SMILES string of the molecule is CSc1cccc(NC(=O)NC2CC(N(CC(=O)O)CC3CC3)C2)c1. The van der Waals surface area contributed by atoms with Crippen molar-refractivity contribution in [1.82, 2.24) is 10.2 Å². The zero-order valence-corrected chi connectivity index (χ0v) is 15.2. The maximum absolute atomic E-state index is 12.1. The van der Waals surface area contributed by atoms with Crippen LogP contribution in [0.3, 0.4) is 0 Å². The van der Waals surface area contributed by atoms with Crippen molar-refractivity contribution in [3.05, 3.63) is 24.3 Å². The Morgan fingerprint density at radius 1 is 1.32 bits per heavy atom. The number of benzene rings is 1. The molecule has 2 fully saturated rings. The van der Waals surface area contributed by atoms with Crippen molar-refractivity contribution in [2.24, 2.45) is 5.92 Å². The van der Waals surface area contributed by atoms with E-state index in [2.05, 4.69) is 15.5 Å². The summed E-state index contributed by atoms with van der Waals surface area (Å²) in [7, 11) is 0. The zero-order valence-electron chi connectivity index (χ0n) is 14.4. The fourth-order valence-corrected chi connectivity index (χ4v) is 3.67. The molecule has 2 aliphatic rings. The molecule has 0 atom stereocenters. The summed E-state index contributed by atoms with van der Waals surface area (Å²) < 4.78 is 0. The first-order chi connectivity index (χ1) is 12.0. The van der Waals surface area contributed by atoms with Gasteiger partial charge in [0.15, 0.2) is 0 Å². The molecule has 0 unspecified atom stereocenters. The number of urea groups is 1. The first kappa shape index (κ1) is 18.1. The lowest BCUT2D eigenvalue weighted by molar-refractivity contribution is -0.139. The number of carboxylic acids is 1. The molecule has 6 nitrogen and oxygen atoms in total. The lowest BCUT2D eigenvalue weighted by Gasteiger charge is -2.42. The third-order valence-corrected chi connectivity index (χ3v) is 5.55. The van der Waals surface area contributed by atoms with Gasteiger partial charge in [0, 0.05) is 29.2 Å². The van der Waals surface area contributed by atoms with Crippen LogP contribution in [0, 0.1) is 5.92 Å². The third kappa shape index (κ3) is 5.37. The van der Waals surface area contributed by atoms with E-state index in [0.29, 0.717) is 5.92 Å². The molecular formula is C18H25N3O3S. The molecule has 136 valence electrons. The number of aliphatic carboxylic acids is 1. The van der Waals surface area contributed by atoms with Gasteiger partial charge in [0.05, 0.1) is 6.54 Å². The first-order valence-electron chi connectivity index (χ1n) is 8.71. The molecule has 25 heavy (non-hydrogen) atoms. The predicted octanol–water partition coefficient (Wildman–Crippen LogP) is 2.86. The monoisotopic (exact) mass is 363 g/mol. The van der Waals surface area contributed by atoms with E-state index < -0.39 is 5.97 Å². The summed E-state index contributed by atoms with van der Waals surface area (Å²) in [4.78, 5) is 26.3. The van der Waals surface area contributed by atoms with Gasteiger partial charge in [0.1, 0.15) is 0 Å². The highest BCUT2D eigenvalue weighted by Gasteiger charge is 2.37. The van der Waals surface area contributed by atoms with Gasteiger partial charge in [-0.15, -0.1) is 11.8 Å². The second kappa shape index (κ2) is 8.10. The van der Waals surface area contributed by atoms with E-state index >= 15 is 0 Å².